The molecule has 1 amide bonds. The molecule has 238 valence electrons. The molecule has 0 spiro atoms. The van der Waals surface area contributed by atoms with Crippen molar-refractivity contribution in [3.05, 3.63) is 106 Å². The average Bonchev–Trinajstić information content (AvgIpc) is 2.92. The van der Waals surface area contributed by atoms with E-state index < -0.39 is 51.7 Å². The van der Waals surface area contributed by atoms with Crippen LogP contribution in [0.5, 0.6) is 0 Å². The molecule has 1 aliphatic rings. The topological polar surface area (TPSA) is 81.6 Å². The fourth-order valence-corrected chi connectivity index (χ4v) is 5.98. The van der Waals surface area contributed by atoms with Gasteiger partial charge in [0.1, 0.15) is 12.1 Å². The van der Waals surface area contributed by atoms with Crippen molar-refractivity contribution in [3.63, 3.8) is 0 Å². The van der Waals surface area contributed by atoms with Gasteiger partial charge in [-0.1, -0.05) is 43.3 Å². The summed E-state index contributed by atoms with van der Waals surface area (Å²) < 4.78 is 84.0. The Labute approximate surface area is 251 Å². The molecule has 0 aliphatic carbocycles. The number of hydrogen-bond acceptors (Lipinski definition) is 4. The number of aliphatic hydroxyl groups is 1. The van der Waals surface area contributed by atoms with Crippen LogP contribution in [0.15, 0.2) is 72.8 Å². The normalized spacial score (nSPS) is 21.3. The van der Waals surface area contributed by atoms with Crippen LogP contribution in [-0.4, -0.2) is 35.0 Å². The average molecular weight is 625 g/mol. The van der Waals surface area contributed by atoms with Crippen molar-refractivity contribution in [3.8, 4) is 0 Å². The van der Waals surface area contributed by atoms with Gasteiger partial charge in [-0.3, -0.25) is 5.32 Å². The highest BCUT2D eigenvalue weighted by Gasteiger charge is 2.48. The lowest BCUT2D eigenvalue weighted by atomic mass is 9.67. The summed E-state index contributed by atoms with van der Waals surface area (Å²) in [4.78, 5) is 11.8. The number of anilines is 1. The van der Waals surface area contributed by atoms with Gasteiger partial charge in [0.2, 0.25) is 0 Å². The third-order valence-corrected chi connectivity index (χ3v) is 8.01. The molecule has 12 heteroatoms. The molecule has 3 aromatic rings. The summed E-state index contributed by atoms with van der Waals surface area (Å²) in [5.74, 6) is -1.16. The van der Waals surface area contributed by atoms with Crippen LogP contribution in [0.4, 0.5) is 36.8 Å². The Hall–Kier alpha value is -3.61. The van der Waals surface area contributed by atoms with Crippen LogP contribution in [0.3, 0.4) is 0 Å². The van der Waals surface area contributed by atoms with Gasteiger partial charge in [-0.05, 0) is 61.4 Å². The van der Waals surface area contributed by atoms with Gasteiger partial charge in [0.15, 0.2) is 0 Å². The van der Waals surface area contributed by atoms with Crippen molar-refractivity contribution in [1.29, 1.82) is 0 Å². The second-order valence-electron chi connectivity index (χ2n) is 11.7. The summed E-state index contributed by atoms with van der Waals surface area (Å²) in [6.45, 7) is 5.39. The second-order valence-corrected chi connectivity index (χ2v) is 11.7. The highest BCUT2D eigenvalue weighted by atomic mass is 19.4. The first-order valence-corrected chi connectivity index (χ1v) is 14.1. The molecule has 0 bridgehead atoms. The van der Waals surface area contributed by atoms with E-state index in [2.05, 4.69) is 5.32 Å². The second kappa shape index (κ2) is 12.4. The van der Waals surface area contributed by atoms with Crippen molar-refractivity contribution in [2.75, 3.05) is 18.4 Å². The molecule has 3 aromatic carbocycles. The monoisotopic (exact) mass is 624 g/mol. The van der Waals surface area contributed by atoms with Crippen LogP contribution in [0.2, 0.25) is 0 Å². The largest absolute Gasteiger partial charge is 0.633 e. The number of alkyl halides is 6. The molecule has 0 saturated carbocycles. The van der Waals surface area contributed by atoms with Crippen LogP contribution in [-0.2, 0) is 29.2 Å². The molecular formula is C32H34F6N2O4. The number of piperidine rings is 1. The zero-order chi connectivity index (χ0) is 32.5. The predicted molar refractivity (Wildman–Crippen MR) is 152 cm³/mol. The molecular weight excluding hydrogens is 590 g/mol. The van der Waals surface area contributed by atoms with E-state index in [1.54, 1.807) is 45.0 Å². The molecule has 2 unspecified atom stereocenters. The van der Waals surface area contributed by atoms with Crippen LogP contribution in [0.1, 0.15) is 55.0 Å². The molecule has 0 radical (unpaired) electrons. The Balaban J connectivity index is 1.58. The van der Waals surface area contributed by atoms with Crippen LogP contribution in [0.25, 0.3) is 0 Å². The summed E-state index contributed by atoms with van der Waals surface area (Å²) in [7, 11) is 0. The maximum atomic E-state index is 13.9. The summed E-state index contributed by atoms with van der Waals surface area (Å²) >= 11 is 0. The van der Waals surface area contributed by atoms with Gasteiger partial charge in [-0.2, -0.15) is 26.3 Å². The first-order valence-electron chi connectivity index (χ1n) is 14.1. The molecule has 4 rings (SSSR count). The summed E-state index contributed by atoms with van der Waals surface area (Å²) in [5, 5.41) is 28.7. The van der Waals surface area contributed by atoms with E-state index in [9.17, 15) is 41.5 Å². The number of nitrogens with zero attached hydrogens (tertiary/aromatic N) is 1. The van der Waals surface area contributed by atoms with Gasteiger partial charge >= 0.3 is 18.4 Å². The zero-order valence-corrected chi connectivity index (χ0v) is 24.4. The van der Waals surface area contributed by atoms with Gasteiger partial charge in [-0.25, -0.2) is 4.79 Å². The number of carbonyl (C=O) groups is 1. The van der Waals surface area contributed by atoms with Crippen LogP contribution in [0, 0.1) is 17.0 Å². The molecule has 1 saturated heterocycles. The van der Waals surface area contributed by atoms with Crippen molar-refractivity contribution in [2.45, 2.75) is 57.8 Å². The number of ether oxygens (including phenoxy) is 1. The molecule has 2 N–H and O–H groups in total. The van der Waals surface area contributed by atoms with E-state index >= 15 is 0 Å². The summed E-state index contributed by atoms with van der Waals surface area (Å²) in [6, 6.07) is 14.5. The number of benzene rings is 3. The number of rotatable bonds is 7. The van der Waals surface area contributed by atoms with E-state index in [-0.39, 0.29) is 43.3 Å². The minimum Gasteiger partial charge on any atom is -0.633 e. The van der Waals surface area contributed by atoms with Gasteiger partial charge in [-0.15, -0.1) is 0 Å². The maximum Gasteiger partial charge on any atom is 0.416 e. The van der Waals surface area contributed by atoms with E-state index in [4.69, 9.17) is 4.74 Å². The Morgan fingerprint density at radius 1 is 0.886 bits per heavy atom. The van der Waals surface area contributed by atoms with E-state index in [0.29, 0.717) is 11.3 Å². The Morgan fingerprint density at radius 3 is 1.75 bits per heavy atom. The Kier molecular flexibility index (Phi) is 9.39. The van der Waals surface area contributed by atoms with Gasteiger partial charge in [0.25, 0.3) is 0 Å². The van der Waals surface area contributed by atoms with Crippen LogP contribution < -0.4 is 5.32 Å². The zero-order valence-electron chi connectivity index (χ0n) is 24.4. The first kappa shape index (κ1) is 33.3. The predicted octanol–water partition coefficient (Wildman–Crippen LogP) is 8.09. The Morgan fingerprint density at radius 2 is 1.34 bits per heavy atom. The number of halogens is 6. The van der Waals surface area contributed by atoms with E-state index in [1.807, 2.05) is 0 Å². The van der Waals surface area contributed by atoms with Gasteiger partial charge in [0.05, 0.1) is 30.3 Å². The SMILES string of the molecule is CC(C)OC(=O)Nc1ccc(C[N+]2([O-])CCC(C(O)(c3ccc(C(F)(F)F)cc3)c3ccc(C(F)(F)F)cc3)[C@H](C)C2)cc1. The summed E-state index contributed by atoms with van der Waals surface area (Å²) in [5.41, 5.74) is -2.45. The number of hydroxylamine groups is 3. The van der Waals surface area contributed by atoms with Crippen molar-refractivity contribution in [2.24, 2.45) is 11.8 Å². The lowest BCUT2D eigenvalue weighted by Gasteiger charge is -2.53. The van der Waals surface area contributed by atoms with Gasteiger partial charge in [0, 0.05) is 29.5 Å². The highest BCUT2D eigenvalue weighted by Crippen LogP contribution is 2.47. The maximum absolute atomic E-state index is 13.9. The number of carbonyl (C=O) groups excluding carboxylic acids is 1. The standard InChI is InChI=1S/C32H34F6N2O4/c1-20(2)44-29(41)39-27-14-4-22(5-15-27)19-40(43)17-16-28(21(3)18-40)30(42,23-6-10-25(11-7-23)31(33,34)35)24-8-12-26(13-9-24)32(36,37)38/h4-15,20-21,28,42H,16-19H2,1-3H3,(H,39,41)/t21-,28?,40?/m1/s1. The number of likely N-dealkylation sites (tertiary alicyclic amines) is 1. The molecule has 1 fully saturated rings. The molecule has 44 heavy (non-hydrogen) atoms. The number of quaternary nitrogens is 1. The molecule has 1 aliphatic heterocycles. The first-order chi connectivity index (χ1) is 20.4. The number of hydrogen-bond donors (Lipinski definition) is 2. The molecule has 1 heterocycles. The van der Waals surface area contributed by atoms with Crippen molar-refractivity contribution in [1.82, 2.24) is 0 Å². The fourth-order valence-electron chi connectivity index (χ4n) is 5.98. The van der Waals surface area contributed by atoms with E-state index in [1.165, 1.54) is 0 Å². The quantitative estimate of drug-likeness (QED) is 0.158. The number of amides is 1. The minimum atomic E-state index is -4.62. The third kappa shape index (κ3) is 7.54. The molecule has 0 aromatic heterocycles. The molecule has 6 nitrogen and oxygen atoms in total. The number of nitrogens with one attached hydrogen (secondary N) is 1. The Bertz CT molecular complexity index is 1370. The van der Waals surface area contributed by atoms with Crippen molar-refractivity contribution < 1.29 is 45.6 Å². The van der Waals surface area contributed by atoms with Crippen molar-refractivity contribution >= 4 is 11.8 Å². The lowest BCUT2D eigenvalue weighted by molar-refractivity contribution is -0.904. The minimum absolute atomic E-state index is 0.0506. The van der Waals surface area contributed by atoms with Gasteiger partial charge < -0.3 is 19.7 Å². The lowest BCUT2D eigenvalue weighted by Crippen LogP contribution is -2.55. The fraction of sp³-hybridized carbons (Fsp3) is 0.406. The third-order valence-electron chi connectivity index (χ3n) is 8.01. The highest BCUT2D eigenvalue weighted by molar-refractivity contribution is 5.84. The summed E-state index contributed by atoms with van der Waals surface area (Å²) in [6.07, 6.45) is -9.98. The van der Waals surface area contributed by atoms with E-state index in [0.717, 1.165) is 48.5 Å². The smallest absolute Gasteiger partial charge is 0.416 e. The molecule has 3 atom stereocenters. The van der Waals surface area contributed by atoms with Crippen LogP contribution >= 0.6 is 0 Å².